The van der Waals surface area contributed by atoms with Crippen LogP contribution in [0.3, 0.4) is 0 Å². The molecule has 0 spiro atoms. The smallest absolute Gasteiger partial charge is 0.185 e. The second-order valence-electron chi connectivity index (χ2n) is 1.65. The lowest BCUT2D eigenvalue weighted by molar-refractivity contribution is 0.111. The van der Waals surface area contributed by atoms with E-state index in [0.717, 1.165) is 0 Å². The summed E-state index contributed by atoms with van der Waals surface area (Å²) in [5.74, 6) is 0.347. The summed E-state index contributed by atoms with van der Waals surface area (Å²) in [5.41, 5.74) is 0. The second-order valence-corrected chi connectivity index (χ2v) is 2.04. The SMILES string of the molecule is Cn1cc(Cl)nc1C=O. The lowest BCUT2D eigenvalue weighted by Gasteiger charge is -1.86. The zero-order valence-corrected chi connectivity index (χ0v) is 5.59. The molecule has 0 fully saturated rings. The predicted octanol–water partition coefficient (Wildman–Crippen LogP) is 0.886. The number of rotatable bonds is 1. The van der Waals surface area contributed by atoms with Gasteiger partial charge in [-0.05, 0) is 0 Å². The Morgan fingerprint density at radius 3 is 2.78 bits per heavy atom. The molecule has 1 aromatic rings. The number of aldehydes is 1. The third-order valence-electron chi connectivity index (χ3n) is 0.988. The van der Waals surface area contributed by atoms with Gasteiger partial charge >= 0.3 is 0 Å². The third-order valence-corrected chi connectivity index (χ3v) is 1.17. The number of hydrogen-bond donors (Lipinski definition) is 0. The highest BCUT2D eigenvalue weighted by Crippen LogP contribution is 2.04. The highest BCUT2D eigenvalue weighted by molar-refractivity contribution is 6.29. The van der Waals surface area contributed by atoms with E-state index in [1.807, 2.05) is 0 Å². The minimum atomic E-state index is 0.347. The van der Waals surface area contributed by atoms with E-state index >= 15 is 0 Å². The van der Waals surface area contributed by atoms with E-state index in [1.165, 1.54) is 0 Å². The minimum absolute atomic E-state index is 0.347. The number of aromatic nitrogens is 2. The molecule has 3 nitrogen and oxygen atoms in total. The van der Waals surface area contributed by atoms with Crippen LogP contribution in [0.1, 0.15) is 10.6 Å². The van der Waals surface area contributed by atoms with Crippen LogP contribution in [0, 0.1) is 0 Å². The van der Waals surface area contributed by atoms with Crippen LogP contribution in [-0.4, -0.2) is 15.8 Å². The number of hydrogen-bond acceptors (Lipinski definition) is 2. The zero-order valence-electron chi connectivity index (χ0n) is 4.84. The Kier molecular flexibility index (Phi) is 1.53. The monoisotopic (exact) mass is 144 g/mol. The Bertz CT molecular complexity index is 231. The van der Waals surface area contributed by atoms with Crippen molar-refractivity contribution in [3.63, 3.8) is 0 Å². The van der Waals surface area contributed by atoms with E-state index in [2.05, 4.69) is 4.98 Å². The van der Waals surface area contributed by atoms with Crippen molar-refractivity contribution in [3.8, 4) is 0 Å². The molecule has 0 bridgehead atoms. The lowest BCUT2D eigenvalue weighted by atomic mass is 10.7. The summed E-state index contributed by atoms with van der Waals surface area (Å²) in [6.45, 7) is 0. The van der Waals surface area contributed by atoms with Gasteiger partial charge in [0.05, 0.1) is 0 Å². The molecule has 0 aliphatic heterocycles. The molecule has 4 heteroatoms. The summed E-state index contributed by atoms with van der Waals surface area (Å²) >= 11 is 5.45. The summed E-state index contributed by atoms with van der Waals surface area (Å²) in [5, 5.41) is 0.347. The van der Waals surface area contributed by atoms with Gasteiger partial charge in [-0.15, -0.1) is 0 Å². The number of nitrogens with zero attached hydrogens (tertiary/aromatic N) is 2. The maximum absolute atomic E-state index is 10.1. The molecule has 0 aliphatic rings. The Morgan fingerprint density at radius 2 is 2.56 bits per heavy atom. The summed E-state index contributed by atoms with van der Waals surface area (Å²) in [7, 11) is 1.71. The topological polar surface area (TPSA) is 34.9 Å². The zero-order chi connectivity index (χ0) is 6.85. The fourth-order valence-electron chi connectivity index (χ4n) is 0.553. The largest absolute Gasteiger partial charge is 0.330 e. The van der Waals surface area contributed by atoms with Crippen LogP contribution < -0.4 is 0 Å². The van der Waals surface area contributed by atoms with E-state index in [9.17, 15) is 4.79 Å². The standard InChI is InChI=1S/C5H5ClN2O/c1-8-2-4(6)7-5(8)3-9/h2-3H,1H3. The molecule has 0 amide bonds. The Labute approximate surface area is 57.3 Å². The van der Waals surface area contributed by atoms with Crippen LogP contribution >= 0.6 is 11.6 Å². The number of carbonyl (C=O) groups is 1. The van der Waals surface area contributed by atoms with E-state index in [-0.39, 0.29) is 0 Å². The molecule has 0 saturated heterocycles. The maximum Gasteiger partial charge on any atom is 0.185 e. The van der Waals surface area contributed by atoms with Gasteiger partial charge in [-0.2, -0.15) is 0 Å². The van der Waals surface area contributed by atoms with Crippen molar-refractivity contribution in [1.29, 1.82) is 0 Å². The van der Waals surface area contributed by atoms with Crippen molar-refractivity contribution < 1.29 is 4.79 Å². The van der Waals surface area contributed by atoms with Crippen molar-refractivity contribution in [1.82, 2.24) is 9.55 Å². The maximum atomic E-state index is 10.1. The number of halogens is 1. The van der Waals surface area contributed by atoms with Gasteiger partial charge in [0.1, 0.15) is 5.15 Å². The molecule has 1 heterocycles. The first kappa shape index (κ1) is 6.29. The van der Waals surface area contributed by atoms with Crippen molar-refractivity contribution in [2.45, 2.75) is 0 Å². The first-order valence-corrected chi connectivity index (χ1v) is 2.76. The first-order valence-electron chi connectivity index (χ1n) is 2.38. The Morgan fingerprint density at radius 1 is 1.89 bits per heavy atom. The van der Waals surface area contributed by atoms with Crippen molar-refractivity contribution in [2.24, 2.45) is 7.05 Å². The molecule has 0 radical (unpaired) electrons. The minimum Gasteiger partial charge on any atom is -0.330 e. The van der Waals surface area contributed by atoms with Gasteiger partial charge in [-0.25, -0.2) is 4.98 Å². The molecule has 0 N–H and O–H groups in total. The normalized spacial score (nSPS) is 9.56. The molecule has 9 heavy (non-hydrogen) atoms. The highest BCUT2D eigenvalue weighted by atomic mass is 35.5. The van der Waals surface area contributed by atoms with Crippen LogP contribution in [0.15, 0.2) is 6.20 Å². The molecule has 1 aromatic heterocycles. The Balaban J connectivity index is 3.15. The summed E-state index contributed by atoms with van der Waals surface area (Å²) in [6, 6.07) is 0. The molecular formula is C5H5ClN2O. The van der Waals surface area contributed by atoms with Crippen LogP contribution in [0.2, 0.25) is 5.15 Å². The van der Waals surface area contributed by atoms with Gasteiger partial charge in [0.25, 0.3) is 0 Å². The molecule has 0 unspecified atom stereocenters. The molecule has 0 aliphatic carbocycles. The van der Waals surface area contributed by atoms with Crippen LogP contribution in [0.4, 0.5) is 0 Å². The van der Waals surface area contributed by atoms with E-state index in [1.54, 1.807) is 17.8 Å². The number of imidazole rings is 1. The molecule has 0 aromatic carbocycles. The van der Waals surface area contributed by atoms with Gasteiger partial charge in [0.15, 0.2) is 12.1 Å². The fraction of sp³-hybridized carbons (Fsp3) is 0.200. The number of aryl methyl sites for hydroxylation is 1. The number of carbonyl (C=O) groups excluding carboxylic acids is 1. The van der Waals surface area contributed by atoms with E-state index in [4.69, 9.17) is 11.6 Å². The second kappa shape index (κ2) is 2.19. The first-order chi connectivity index (χ1) is 4.24. The summed E-state index contributed by atoms with van der Waals surface area (Å²) in [6.07, 6.45) is 2.23. The van der Waals surface area contributed by atoms with Crippen molar-refractivity contribution >= 4 is 17.9 Å². The van der Waals surface area contributed by atoms with E-state index < -0.39 is 0 Å². The van der Waals surface area contributed by atoms with Crippen molar-refractivity contribution in [3.05, 3.63) is 17.2 Å². The van der Waals surface area contributed by atoms with E-state index in [0.29, 0.717) is 17.3 Å². The molecule has 0 saturated carbocycles. The van der Waals surface area contributed by atoms with Gasteiger partial charge in [-0.3, -0.25) is 4.79 Å². The Hall–Kier alpha value is -0.830. The molecule has 48 valence electrons. The average molecular weight is 145 g/mol. The average Bonchev–Trinajstić information content (AvgIpc) is 2.10. The van der Waals surface area contributed by atoms with Gasteiger partial charge < -0.3 is 4.57 Å². The van der Waals surface area contributed by atoms with Crippen molar-refractivity contribution in [2.75, 3.05) is 0 Å². The highest BCUT2D eigenvalue weighted by Gasteiger charge is 1.98. The van der Waals surface area contributed by atoms with Crippen LogP contribution in [0.25, 0.3) is 0 Å². The quantitative estimate of drug-likeness (QED) is 0.549. The molecule has 0 atom stereocenters. The summed E-state index contributed by atoms with van der Waals surface area (Å²) < 4.78 is 1.56. The van der Waals surface area contributed by atoms with Crippen LogP contribution in [-0.2, 0) is 7.05 Å². The summed E-state index contributed by atoms with van der Waals surface area (Å²) in [4.78, 5) is 13.8. The van der Waals surface area contributed by atoms with Gasteiger partial charge in [0.2, 0.25) is 0 Å². The van der Waals surface area contributed by atoms with Gasteiger partial charge in [-0.1, -0.05) is 11.6 Å². The van der Waals surface area contributed by atoms with Gasteiger partial charge in [0, 0.05) is 13.2 Å². The third kappa shape index (κ3) is 1.10. The lowest BCUT2D eigenvalue weighted by Crippen LogP contribution is -1.92. The fourth-order valence-corrected chi connectivity index (χ4v) is 0.786. The molecule has 1 rings (SSSR count). The predicted molar refractivity (Wildman–Crippen MR) is 33.6 cm³/mol. The van der Waals surface area contributed by atoms with Crippen LogP contribution in [0.5, 0.6) is 0 Å². The molecular weight excluding hydrogens is 140 g/mol.